The fraction of sp³-hybridized carbons (Fsp3) is 0.542. The molecule has 3 aliphatic rings. The highest BCUT2D eigenvalue weighted by atomic mass is 16.5. The van der Waals surface area contributed by atoms with Crippen molar-refractivity contribution in [3.63, 3.8) is 0 Å². The predicted octanol–water partition coefficient (Wildman–Crippen LogP) is 1.64. The normalized spacial score (nSPS) is 23.9. The van der Waals surface area contributed by atoms with E-state index in [0.717, 1.165) is 38.5 Å². The van der Waals surface area contributed by atoms with E-state index in [4.69, 9.17) is 9.47 Å². The Morgan fingerprint density at radius 2 is 1.59 bits per heavy atom. The molecular weight excluding hydrogens is 442 g/mol. The number of nitrogens with one attached hydrogen (secondary N) is 2. The van der Waals surface area contributed by atoms with Crippen molar-refractivity contribution in [2.24, 2.45) is 5.92 Å². The molecule has 34 heavy (non-hydrogen) atoms. The highest BCUT2D eigenvalue weighted by Crippen LogP contribution is 2.37. The van der Waals surface area contributed by atoms with Gasteiger partial charge in [0, 0.05) is 17.6 Å². The lowest BCUT2D eigenvalue weighted by Gasteiger charge is -2.48. The zero-order valence-electron chi connectivity index (χ0n) is 19.3. The summed E-state index contributed by atoms with van der Waals surface area (Å²) >= 11 is 0. The summed E-state index contributed by atoms with van der Waals surface area (Å²) in [6, 6.07) is 2.97. The quantitative estimate of drug-likeness (QED) is 0.603. The molecule has 0 spiro atoms. The number of carbonyl (C=O) groups is 5. The van der Waals surface area contributed by atoms with Crippen molar-refractivity contribution in [3.8, 4) is 0 Å². The van der Waals surface area contributed by atoms with E-state index in [1.807, 2.05) is 0 Å². The second-order valence-electron chi connectivity index (χ2n) is 9.04. The number of ether oxygens (including phenoxy) is 2. The van der Waals surface area contributed by atoms with E-state index in [9.17, 15) is 24.0 Å². The average Bonchev–Trinajstić information content (AvgIpc) is 3.68. The summed E-state index contributed by atoms with van der Waals surface area (Å²) in [5.41, 5.74) is 0.304. The molecule has 3 unspecified atom stereocenters. The molecular formula is C24H29N3O7. The van der Waals surface area contributed by atoms with Gasteiger partial charge < -0.3 is 25.0 Å². The standard InChI is InChI=1S/C24H29N3O7/c1-33-23(31)14-9-15(24(32)34-2)11-16(10-14)25-20(28)12-19-21(29)26-17-5-3-4-6-18(17)27(19)22(30)13-7-8-13/h9-11,13,17-19H,3-8,12H2,1-2H3,(H,25,28)(H,26,29). The molecule has 0 bridgehead atoms. The first-order chi connectivity index (χ1) is 16.3. The third-order valence-corrected chi connectivity index (χ3v) is 6.67. The molecule has 182 valence electrons. The zero-order chi connectivity index (χ0) is 24.4. The lowest BCUT2D eigenvalue weighted by atomic mass is 9.85. The first kappa shape index (κ1) is 23.7. The predicted molar refractivity (Wildman–Crippen MR) is 120 cm³/mol. The van der Waals surface area contributed by atoms with Gasteiger partial charge in [0.15, 0.2) is 0 Å². The van der Waals surface area contributed by atoms with E-state index in [0.29, 0.717) is 0 Å². The Kier molecular flexibility index (Phi) is 6.85. The molecule has 3 amide bonds. The summed E-state index contributed by atoms with van der Waals surface area (Å²) < 4.78 is 9.44. The minimum Gasteiger partial charge on any atom is -0.465 e. The topological polar surface area (TPSA) is 131 Å². The van der Waals surface area contributed by atoms with Crippen LogP contribution in [0.25, 0.3) is 0 Å². The second kappa shape index (κ2) is 9.82. The number of fused-ring (bicyclic) bond motifs is 1. The van der Waals surface area contributed by atoms with Crippen LogP contribution in [0, 0.1) is 5.92 Å². The molecule has 2 N–H and O–H groups in total. The Hall–Kier alpha value is -3.43. The lowest BCUT2D eigenvalue weighted by molar-refractivity contribution is -0.152. The highest BCUT2D eigenvalue weighted by molar-refractivity contribution is 6.01. The van der Waals surface area contributed by atoms with Crippen molar-refractivity contribution in [2.75, 3.05) is 19.5 Å². The van der Waals surface area contributed by atoms with E-state index in [-0.39, 0.29) is 53.1 Å². The molecule has 1 saturated heterocycles. The molecule has 10 nitrogen and oxygen atoms in total. The van der Waals surface area contributed by atoms with Gasteiger partial charge in [-0.2, -0.15) is 0 Å². The van der Waals surface area contributed by atoms with Crippen LogP contribution >= 0.6 is 0 Å². The summed E-state index contributed by atoms with van der Waals surface area (Å²) in [4.78, 5) is 64.7. The number of esters is 2. The van der Waals surface area contributed by atoms with Crippen LogP contribution < -0.4 is 10.6 Å². The van der Waals surface area contributed by atoms with Crippen LogP contribution in [0.5, 0.6) is 0 Å². The summed E-state index contributed by atoms with van der Waals surface area (Å²) in [5.74, 6) is -2.33. The molecule has 0 radical (unpaired) electrons. The van der Waals surface area contributed by atoms with Gasteiger partial charge >= 0.3 is 11.9 Å². The van der Waals surface area contributed by atoms with Crippen LogP contribution in [0.15, 0.2) is 18.2 Å². The molecule has 0 aromatic heterocycles. The van der Waals surface area contributed by atoms with Gasteiger partial charge in [0.2, 0.25) is 17.7 Å². The van der Waals surface area contributed by atoms with Crippen molar-refractivity contribution in [1.82, 2.24) is 10.2 Å². The molecule has 3 fully saturated rings. The molecule has 3 atom stereocenters. The highest BCUT2D eigenvalue weighted by Gasteiger charge is 2.48. The summed E-state index contributed by atoms with van der Waals surface area (Å²) in [6.45, 7) is 0. The number of piperazine rings is 1. The SMILES string of the molecule is COC(=O)c1cc(NC(=O)CC2C(=O)NC3CCCCC3N2C(=O)C2CC2)cc(C(=O)OC)c1. The van der Waals surface area contributed by atoms with Gasteiger partial charge in [-0.3, -0.25) is 14.4 Å². The van der Waals surface area contributed by atoms with Crippen LogP contribution in [0.2, 0.25) is 0 Å². The van der Waals surface area contributed by atoms with Crippen molar-refractivity contribution in [3.05, 3.63) is 29.3 Å². The first-order valence-corrected chi connectivity index (χ1v) is 11.6. The van der Waals surface area contributed by atoms with Gasteiger partial charge in [-0.05, 0) is 43.9 Å². The fourth-order valence-corrected chi connectivity index (χ4v) is 4.86. The Labute approximate surface area is 197 Å². The number of methoxy groups -OCH3 is 2. The van der Waals surface area contributed by atoms with Crippen molar-refractivity contribution < 1.29 is 33.4 Å². The monoisotopic (exact) mass is 471 g/mol. The third-order valence-electron chi connectivity index (χ3n) is 6.67. The number of hydrogen-bond acceptors (Lipinski definition) is 7. The third kappa shape index (κ3) is 4.90. The van der Waals surface area contributed by atoms with Crippen LogP contribution in [0.1, 0.15) is 65.7 Å². The lowest BCUT2D eigenvalue weighted by Crippen LogP contribution is -2.68. The average molecular weight is 472 g/mol. The number of hydrogen-bond donors (Lipinski definition) is 2. The van der Waals surface area contributed by atoms with Crippen LogP contribution in [0.4, 0.5) is 5.69 Å². The van der Waals surface area contributed by atoms with Gasteiger partial charge in [0.25, 0.3) is 0 Å². The van der Waals surface area contributed by atoms with Crippen LogP contribution in [-0.2, 0) is 23.9 Å². The zero-order valence-corrected chi connectivity index (χ0v) is 19.3. The fourth-order valence-electron chi connectivity index (χ4n) is 4.86. The minimum atomic E-state index is -0.906. The number of benzene rings is 1. The van der Waals surface area contributed by atoms with Crippen molar-refractivity contribution >= 4 is 35.3 Å². The van der Waals surface area contributed by atoms with Gasteiger partial charge in [-0.1, -0.05) is 12.8 Å². The maximum atomic E-state index is 13.1. The maximum absolute atomic E-state index is 13.1. The van der Waals surface area contributed by atoms with Gasteiger partial charge in [0.1, 0.15) is 6.04 Å². The Bertz CT molecular complexity index is 986. The van der Waals surface area contributed by atoms with Crippen molar-refractivity contribution in [2.45, 2.75) is 63.1 Å². The number of carbonyl (C=O) groups excluding carboxylic acids is 5. The number of amides is 3. The van der Waals surface area contributed by atoms with Gasteiger partial charge in [0.05, 0.1) is 37.8 Å². The smallest absolute Gasteiger partial charge is 0.337 e. The van der Waals surface area contributed by atoms with Crippen LogP contribution in [0.3, 0.4) is 0 Å². The minimum absolute atomic E-state index is 0.0507. The van der Waals surface area contributed by atoms with E-state index >= 15 is 0 Å². The number of nitrogens with zero attached hydrogens (tertiary/aromatic N) is 1. The summed E-state index contributed by atoms with van der Waals surface area (Å²) in [5, 5.41) is 5.66. The van der Waals surface area contributed by atoms with E-state index < -0.39 is 23.9 Å². The Morgan fingerprint density at radius 3 is 2.18 bits per heavy atom. The maximum Gasteiger partial charge on any atom is 0.337 e. The molecule has 1 aromatic carbocycles. The molecule has 1 aliphatic heterocycles. The molecule has 10 heteroatoms. The summed E-state index contributed by atoms with van der Waals surface area (Å²) in [6.07, 6.45) is 4.97. The van der Waals surface area contributed by atoms with Crippen LogP contribution in [-0.4, -0.2) is 66.9 Å². The van der Waals surface area contributed by atoms with Gasteiger partial charge in [-0.15, -0.1) is 0 Å². The Morgan fingerprint density at radius 1 is 0.971 bits per heavy atom. The Balaban J connectivity index is 1.55. The summed E-state index contributed by atoms with van der Waals surface area (Å²) in [7, 11) is 2.41. The van der Waals surface area contributed by atoms with Gasteiger partial charge in [-0.25, -0.2) is 9.59 Å². The molecule has 4 rings (SSSR count). The number of anilines is 1. The van der Waals surface area contributed by atoms with E-state index in [1.54, 1.807) is 4.90 Å². The molecule has 1 heterocycles. The van der Waals surface area contributed by atoms with E-state index in [1.165, 1.54) is 32.4 Å². The second-order valence-corrected chi connectivity index (χ2v) is 9.04. The molecule has 1 aromatic rings. The first-order valence-electron chi connectivity index (χ1n) is 11.6. The number of rotatable bonds is 6. The molecule has 2 saturated carbocycles. The van der Waals surface area contributed by atoms with Crippen molar-refractivity contribution in [1.29, 1.82) is 0 Å². The van der Waals surface area contributed by atoms with E-state index in [2.05, 4.69) is 10.6 Å². The molecule has 2 aliphatic carbocycles. The largest absolute Gasteiger partial charge is 0.465 e.